The first kappa shape index (κ1) is 31.7. The van der Waals surface area contributed by atoms with E-state index >= 15 is 0 Å². The van der Waals surface area contributed by atoms with Crippen molar-refractivity contribution in [2.24, 2.45) is 0 Å². The summed E-state index contributed by atoms with van der Waals surface area (Å²) in [6.45, 7) is 10.3. The predicted molar refractivity (Wildman–Crippen MR) is 178 cm³/mol. The highest BCUT2D eigenvalue weighted by atomic mass is 32.2. The zero-order valence-electron chi connectivity index (χ0n) is 26.5. The van der Waals surface area contributed by atoms with Gasteiger partial charge in [-0.05, 0) is 74.4 Å². The third kappa shape index (κ3) is 6.64. The van der Waals surface area contributed by atoms with Crippen LogP contribution in [0, 0.1) is 20.8 Å². The summed E-state index contributed by atoms with van der Waals surface area (Å²) in [4.78, 5) is 36.1. The zero-order chi connectivity index (χ0) is 32.8. The molecule has 242 valence electrons. The number of benzene rings is 1. The number of carbonyl (C=O) groups is 2. The maximum Gasteiger partial charge on any atom is 0.353 e. The molecule has 0 spiro atoms. The SMILES string of the molecule is Cc1ccc(-n2nc(C3(C)CC3)cc2N(OS(C)(=O)=O)C(=O)Nc2cnc(N3CCN(C(=O)c4sccc4C)CC3)c(C)c2)cc1. The minimum atomic E-state index is -4.11. The number of aromatic nitrogens is 3. The molecule has 46 heavy (non-hydrogen) atoms. The van der Waals surface area contributed by atoms with Crippen LogP contribution in [0.4, 0.5) is 22.1 Å². The van der Waals surface area contributed by atoms with Gasteiger partial charge in [0.15, 0.2) is 5.82 Å². The fourth-order valence-electron chi connectivity index (χ4n) is 5.44. The third-order valence-electron chi connectivity index (χ3n) is 8.41. The van der Waals surface area contributed by atoms with Crippen molar-refractivity contribution in [3.63, 3.8) is 0 Å². The largest absolute Gasteiger partial charge is 0.353 e. The molecule has 1 N–H and O–H groups in total. The Kier molecular flexibility index (Phi) is 8.38. The minimum Gasteiger partial charge on any atom is -0.353 e. The molecule has 2 fully saturated rings. The number of urea groups is 1. The molecular weight excluding hydrogens is 627 g/mol. The Hall–Kier alpha value is -4.27. The van der Waals surface area contributed by atoms with E-state index in [1.54, 1.807) is 12.1 Å². The standard InChI is InChI=1S/C32H37N7O5S2/c1-21-6-8-25(9-7-21)38-27(19-26(35-38)32(4)11-12-32)39(44-46(5,42)43)31(41)34-24-18-23(3)29(33-20-24)36-13-15-37(16-14-36)30(40)28-22(2)10-17-45-28/h6-10,17-20H,11-16H2,1-5H3,(H,34,41). The number of nitrogens with zero attached hydrogens (tertiary/aromatic N) is 6. The Labute approximate surface area is 272 Å². The first-order valence-electron chi connectivity index (χ1n) is 15.0. The number of nitrogens with one attached hydrogen (secondary N) is 1. The van der Waals surface area contributed by atoms with Gasteiger partial charge in [0.05, 0.1) is 34.4 Å². The van der Waals surface area contributed by atoms with E-state index in [-0.39, 0.29) is 17.1 Å². The van der Waals surface area contributed by atoms with E-state index in [0.29, 0.717) is 37.6 Å². The second kappa shape index (κ2) is 12.2. The molecule has 6 rings (SSSR count). The number of amides is 3. The number of hydroxylamine groups is 1. The predicted octanol–water partition coefficient (Wildman–Crippen LogP) is 5.20. The molecule has 14 heteroatoms. The van der Waals surface area contributed by atoms with Crippen molar-refractivity contribution in [3.8, 4) is 5.69 Å². The fraction of sp³-hybridized carbons (Fsp3) is 0.375. The molecule has 3 amide bonds. The van der Waals surface area contributed by atoms with Crippen LogP contribution in [0.15, 0.2) is 54.0 Å². The maximum absolute atomic E-state index is 13.7. The lowest BCUT2D eigenvalue weighted by Crippen LogP contribution is -2.49. The number of pyridine rings is 1. The summed E-state index contributed by atoms with van der Waals surface area (Å²) in [5.41, 5.74) is 4.46. The van der Waals surface area contributed by atoms with Gasteiger partial charge in [0.2, 0.25) is 0 Å². The average Bonchev–Trinajstić information content (AvgIpc) is 3.39. The van der Waals surface area contributed by atoms with Crippen LogP contribution in [-0.2, 0) is 19.8 Å². The molecule has 1 saturated heterocycles. The van der Waals surface area contributed by atoms with E-state index in [1.165, 1.54) is 22.2 Å². The van der Waals surface area contributed by atoms with Crippen LogP contribution in [0.2, 0.25) is 0 Å². The lowest BCUT2D eigenvalue weighted by Gasteiger charge is -2.36. The van der Waals surface area contributed by atoms with E-state index < -0.39 is 16.1 Å². The number of piperazine rings is 1. The highest BCUT2D eigenvalue weighted by Crippen LogP contribution is 2.48. The topological polar surface area (TPSA) is 130 Å². The van der Waals surface area contributed by atoms with Crippen LogP contribution >= 0.6 is 11.3 Å². The molecule has 4 aromatic rings. The van der Waals surface area contributed by atoms with E-state index in [0.717, 1.165) is 57.2 Å². The number of carbonyl (C=O) groups excluding carboxylic acids is 2. The van der Waals surface area contributed by atoms with Gasteiger partial charge in [-0.15, -0.1) is 20.7 Å². The molecule has 2 aliphatic rings. The van der Waals surface area contributed by atoms with Crippen LogP contribution in [0.25, 0.3) is 5.69 Å². The quantitative estimate of drug-likeness (QED) is 0.255. The molecule has 0 bridgehead atoms. The summed E-state index contributed by atoms with van der Waals surface area (Å²) < 4.78 is 31.6. The van der Waals surface area contributed by atoms with E-state index in [4.69, 9.17) is 9.38 Å². The van der Waals surface area contributed by atoms with Gasteiger partial charge in [-0.3, -0.25) is 4.79 Å². The summed E-state index contributed by atoms with van der Waals surface area (Å²) in [7, 11) is -4.11. The summed E-state index contributed by atoms with van der Waals surface area (Å²) in [6.07, 6.45) is 4.29. The third-order valence-corrected chi connectivity index (χ3v) is 9.84. The van der Waals surface area contributed by atoms with Gasteiger partial charge in [0.1, 0.15) is 5.82 Å². The van der Waals surface area contributed by atoms with Crippen molar-refractivity contribution in [1.29, 1.82) is 0 Å². The van der Waals surface area contributed by atoms with Gasteiger partial charge >= 0.3 is 6.03 Å². The number of hydrogen-bond acceptors (Lipinski definition) is 9. The van der Waals surface area contributed by atoms with Crippen LogP contribution in [-0.4, -0.2) is 72.5 Å². The number of thiophene rings is 1. The molecule has 4 heterocycles. The van der Waals surface area contributed by atoms with Crippen molar-refractivity contribution in [1.82, 2.24) is 19.7 Å². The molecule has 0 radical (unpaired) electrons. The molecule has 0 unspecified atom stereocenters. The lowest BCUT2D eigenvalue weighted by atomic mass is 10.1. The smallest absolute Gasteiger partial charge is 0.353 e. The van der Waals surface area contributed by atoms with E-state index in [2.05, 4.69) is 22.1 Å². The minimum absolute atomic E-state index is 0.0536. The zero-order valence-corrected chi connectivity index (χ0v) is 28.1. The highest BCUT2D eigenvalue weighted by Gasteiger charge is 2.43. The first-order chi connectivity index (χ1) is 21.8. The molecule has 0 atom stereocenters. The number of aryl methyl sites for hydroxylation is 3. The van der Waals surface area contributed by atoms with Crippen molar-refractivity contribution < 1.29 is 22.3 Å². The first-order valence-corrected chi connectivity index (χ1v) is 17.7. The van der Waals surface area contributed by atoms with Crippen molar-refractivity contribution in [2.45, 2.75) is 46.0 Å². The van der Waals surface area contributed by atoms with Crippen LogP contribution in [0.5, 0.6) is 0 Å². The van der Waals surface area contributed by atoms with Gasteiger partial charge in [0.25, 0.3) is 16.0 Å². The van der Waals surface area contributed by atoms with Gasteiger partial charge in [-0.1, -0.05) is 24.6 Å². The number of anilines is 3. The second-order valence-corrected chi connectivity index (χ2v) is 14.7. The van der Waals surface area contributed by atoms with Crippen LogP contribution in [0.3, 0.4) is 0 Å². The Bertz CT molecular complexity index is 1890. The second-order valence-electron chi connectivity index (χ2n) is 12.3. The summed E-state index contributed by atoms with van der Waals surface area (Å²) in [5, 5.41) is 10.2. The molecule has 1 aliphatic heterocycles. The molecule has 12 nitrogen and oxygen atoms in total. The Balaban J connectivity index is 1.21. The summed E-state index contributed by atoms with van der Waals surface area (Å²) in [5.74, 6) is 0.959. The molecule has 1 aliphatic carbocycles. The average molecular weight is 664 g/mol. The molecule has 1 aromatic carbocycles. The van der Waals surface area contributed by atoms with Gasteiger partial charge in [0, 0.05) is 37.7 Å². The van der Waals surface area contributed by atoms with E-state index in [9.17, 15) is 18.0 Å². The van der Waals surface area contributed by atoms with Crippen LogP contribution in [0.1, 0.15) is 51.8 Å². The number of hydrogen-bond donors (Lipinski definition) is 1. The normalized spacial score (nSPS) is 15.9. The number of rotatable bonds is 8. The van der Waals surface area contributed by atoms with Crippen molar-refractivity contribution in [3.05, 3.63) is 81.3 Å². The van der Waals surface area contributed by atoms with Crippen molar-refractivity contribution in [2.75, 3.05) is 47.7 Å². The highest BCUT2D eigenvalue weighted by molar-refractivity contribution is 7.86. The molecular formula is C32H37N7O5S2. The summed E-state index contributed by atoms with van der Waals surface area (Å²) >= 11 is 1.46. The van der Waals surface area contributed by atoms with Gasteiger partial charge in [-0.25, -0.2) is 14.5 Å². The Morgan fingerprint density at radius 3 is 2.28 bits per heavy atom. The fourth-order valence-corrected chi connectivity index (χ4v) is 6.75. The van der Waals surface area contributed by atoms with Crippen molar-refractivity contribution >= 4 is 50.7 Å². The Morgan fingerprint density at radius 1 is 1.00 bits per heavy atom. The summed E-state index contributed by atoms with van der Waals surface area (Å²) in [6, 6.07) is 12.2. The van der Waals surface area contributed by atoms with Crippen LogP contribution < -0.4 is 15.3 Å². The van der Waals surface area contributed by atoms with Gasteiger partial charge < -0.3 is 15.1 Å². The Morgan fingerprint density at radius 2 is 1.70 bits per heavy atom. The maximum atomic E-state index is 13.7. The molecule has 1 saturated carbocycles. The lowest BCUT2D eigenvalue weighted by molar-refractivity contribution is 0.0750. The monoisotopic (exact) mass is 663 g/mol. The molecule has 3 aromatic heterocycles. The van der Waals surface area contributed by atoms with E-state index in [1.807, 2.05) is 61.4 Å². The van der Waals surface area contributed by atoms with Gasteiger partial charge in [-0.2, -0.15) is 13.5 Å².